The van der Waals surface area contributed by atoms with Crippen LogP contribution in [0.5, 0.6) is 5.75 Å². The molecular formula is C24H27N5O2S. The van der Waals surface area contributed by atoms with Crippen LogP contribution in [-0.2, 0) is 17.6 Å². The molecule has 1 saturated heterocycles. The van der Waals surface area contributed by atoms with Crippen LogP contribution >= 0.6 is 11.3 Å². The Morgan fingerprint density at radius 2 is 1.91 bits per heavy atom. The lowest BCUT2D eigenvalue weighted by Crippen LogP contribution is -2.38. The molecule has 0 atom stereocenters. The highest BCUT2D eigenvalue weighted by molar-refractivity contribution is 7.15. The Labute approximate surface area is 191 Å². The van der Waals surface area contributed by atoms with Gasteiger partial charge in [0.25, 0.3) is 0 Å². The summed E-state index contributed by atoms with van der Waals surface area (Å²) >= 11 is 1.65. The number of hydrogen-bond donors (Lipinski definition) is 1. The van der Waals surface area contributed by atoms with Gasteiger partial charge >= 0.3 is 0 Å². The largest absolute Gasteiger partial charge is 0.496 e. The van der Waals surface area contributed by atoms with Crippen molar-refractivity contribution in [3.05, 3.63) is 47.0 Å². The van der Waals surface area contributed by atoms with E-state index in [9.17, 15) is 4.79 Å². The van der Waals surface area contributed by atoms with Gasteiger partial charge in [-0.1, -0.05) is 12.1 Å². The van der Waals surface area contributed by atoms with Crippen molar-refractivity contribution in [2.75, 3.05) is 30.4 Å². The number of anilines is 2. The maximum absolute atomic E-state index is 12.8. The molecule has 166 valence electrons. The summed E-state index contributed by atoms with van der Waals surface area (Å²) in [5.74, 6) is 1.72. The molecule has 8 heteroatoms. The van der Waals surface area contributed by atoms with Gasteiger partial charge < -0.3 is 15.0 Å². The highest BCUT2D eigenvalue weighted by atomic mass is 32.1. The van der Waals surface area contributed by atoms with Gasteiger partial charge in [0.15, 0.2) is 10.9 Å². The van der Waals surface area contributed by atoms with E-state index in [2.05, 4.69) is 25.4 Å². The molecule has 0 unspecified atom stereocenters. The number of fused-ring (bicyclic) bond motifs is 1. The van der Waals surface area contributed by atoms with Crippen LogP contribution < -0.4 is 15.0 Å². The van der Waals surface area contributed by atoms with Gasteiger partial charge in [-0.25, -0.2) is 4.98 Å². The van der Waals surface area contributed by atoms with Gasteiger partial charge in [-0.15, -0.1) is 21.5 Å². The Bertz CT molecular complexity index is 1070. The van der Waals surface area contributed by atoms with Crippen LogP contribution in [-0.4, -0.2) is 41.3 Å². The highest BCUT2D eigenvalue weighted by Gasteiger charge is 2.27. The minimum absolute atomic E-state index is 0.00740. The number of methoxy groups -OCH3 is 1. The Kier molecular flexibility index (Phi) is 6.03. The van der Waals surface area contributed by atoms with Crippen LogP contribution in [0, 0.1) is 5.92 Å². The van der Waals surface area contributed by atoms with Crippen LogP contribution in [0.4, 0.5) is 10.9 Å². The minimum atomic E-state index is 0.00740. The number of hydrogen-bond acceptors (Lipinski definition) is 7. The lowest BCUT2D eigenvalue weighted by molar-refractivity contribution is -0.120. The fourth-order valence-electron chi connectivity index (χ4n) is 4.48. The van der Waals surface area contributed by atoms with Crippen molar-refractivity contribution in [1.82, 2.24) is 15.2 Å². The van der Waals surface area contributed by atoms with E-state index in [0.29, 0.717) is 0 Å². The first-order valence-electron chi connectivity index (χ1n) is 11.2. The van der Waals surface area contributed by atoms with E-state index in [-0.39, 0.29) is 11.8 Å². The maximum Gasteiger partial charge on any atom is 0.229 e. The number of amides is 1. The van der Waals surface area contributed by atoms with E-state index >= 15 is 0 Å². The molecule has 0 spiro atoms. The van der Waals surface area contributed by atoms with Crippen molar-refractivity contribution in [3.8, 4) is 17.0 Å². The van der Waals surface area contributed by atoms with Crippen LogP contribution in [0.3, 0.4) is 0 Å². The van der Waals surface area contributed by atoms with Crippen molar-refractivity contribution in [2.45, 2.75) is 38.5 Å². The molecule has 2 aromatic heterocycles. The third kappa shape index (κ3) is 4.32. The number of para-hydroxylation sites is 1. The van der Waals surface area contributed by atoms with Crippen molar-refractivity contribution >= 4 is 28.2 Å². The molecule has 1 amide bonds. The Morgan fingerprint density at radius 1 is 1.09 bits per heavy atom. The summed E-state index contributed by atoms with van der Waals surface area (Å²) in [6.07, 6.45) is 6.16. The van der Waals surface area contributed by atoms with Gasteiger partial charge in [0.05, 0.1) is 18.5 Å². The first kappa shape index (κ1) is 20.9. The third-order valence-corrected chi connectivity index (χ3v) is 7.37. The zero-order valence-electron chi connectivity index (χ0n) is 18.2. The second-order valence-electron chi connectivity index (χ2n) is 8.32. The molecule has 0 saturated carbocycles. The van der Waals surface area contributed by atoms with Crippen LogP contribution in [0.25, 0.3) is 11.3 Å². The third-order valence-electron chi connectivity index (χ3n) is 6.30. The van der Waals surface area contributed by atoms with Gasteiger partial charge in [-0.2, -0.15) is 0 Å². The van der Waals surface area contributed by atoms with Gasteiger partial charge in [-0.05, 0) is 62.8 Å². The normalized spacial score (nSPS) is 16.5. The Morgan fingerprint density at radius 3 is 2.66 bits per heavy atom. The fourth-order valence-corrected chi connectivity index (χ4v) is 5.53. The van der Waals surface area contributed by atoms with Crippen LogP contribution in [0.15, 0.2) is 36.4 Å². The molecule has 1 aliphatic carbocycles. The molecule has 0 radical (unpaired) electrons. The first-order valence-corrected chi connectivity index (χ1v) is 12.0. The molecule has 3 heterocycles. The first-order chi connectivity index (χ1) is 15.7. The number of nitrogens with zero attached hydrogens (tertiary/aromatic N) is 4. The number of benzene rings is 1. The topological polar surface area (TPSA) is 80.2 Å². The quantitative estimate of drug-likeness (QED) is 0.624. The Balaban J connectivity index is 1.18. The van der Waals surface area contributed by atoms with Gasteiger partial charge in [0, 0.05) is 29.4 Å². The molecule has 1 aromatic carbocycles. The average Bonchev–Trinajstić information content (AvgIpc) is 3.26. The zero-order chi connectivity index (χ0) is 21.9. The number of ether oxygens (including phenoxy) is 1. The van der Waals surface area contributed by atoms with E-state index in [4.69, 9.17) is 4.74 Å². The molecule has 1 fully saturated rings. The van der Waals surface area contributed by atoms with E-state index in [1.54, 1.807) is 18.4 Å². The van der Waals surface area contributed by atoms with Gasteiger partial charge in [0.1, 0.15) is 5.75 Å². The summed E-state index contributed by atoms with van der Waals surface area (Å²) in [5.41, 5.74) is 2.89. The standard InChI is InChI=1S/C24H27N5O2S/c1-31-20-8-4-2-6-17(20)18-10-11-22(28-27-18)29-14-12-16(13-15-29)23(30)26-24-25-19-7-3-5-9-21(19)32-24/h2,4,6,8,10-11,16H,3,5,7,9,12-15H2,1H3,(H,25,26,30). The van der Waals surface area contributed by atoms with Gasteiger partial charge in [-0.3, -0.25) is 4.79 Å². The lowest BCUT2D eigenvalue weighted by atomic mass is 9.96. The van der Waals surface area contributed by atoms with Gasteiger partial charge in [0.2, 0.25) is 5.91 Å². The van der Waals surface area contributed by atoms with Crippen molar-refractivity contribution in [2.24, 2.45) is 5.92 Å². The molecular weight excluding hydrogens is 422 g/mol. The summed E-state index contributed by atoms with van der Waals surface area (Å²) < 4.78 is 5.43. The molecule has 7 nitrogen and oxygen atoms in total. The number of thiazole rings is 1. The number of rotatable bonds is 5. The molecule has 3 aromatic rings. The molecule has 0 bridgehead atoms. The second kappa shape index (κ2) is 9.24. The number of aryl methyl sites for hydroxylation is 2. The predicted molar refractivity (Wildman–Crippen MR) is 126 cm³/mol. The summed E-state index contributed by atoms with van der Waals surface area (Å²) in [6, 6.07) is 11.8. The van der Waals surface area contributed by atoms with E-state index in [1.807, 2.05) is 36.4 Å². The summed E-state index contributed by atoms with van der Waals surface area (Å²) in [4.78, 5) is 21.0. The minimum Gasteiger partial charge on any atom is -0.496 e. The molecule has 5 rings (SSSR count). The second-order valence-corrected chi connectivity index (χ2v) is 9.41. The summed E-state index contributed by atoms with van der Waals surface area (Å²) in [6.45, 7) is 1.57. The highest BCUT2D eigenvalue weighted by Crippen LogP contribution is 2.31. The fraction of sp³-hybridized carbons (Fsp3) is 0.417. The number of piperidine rings is 1. The summed E-state index contributed by atoms with van der Waals surface area (Å²) in [5, 5.41) is 12.7. The average molecular weight is 450 g/mol. The molecule has 32 heavy (non-hydrogen) atoms. The van der Waals surface area contributed by atoms with Crippen molar-refractivity contribution in [3.63, 3.8) is 0 Å². The number of carbonyl (C=O) groups excluding carboxylic acids is 1. The predicted octanol–water partition coefficient (Wildman–Crippen LogP) is 4.34. The maximum atomic E-state index is 12.8. The SMILES string of the molecule is COc1ccccc1-c1ccc(N2CCC(C(=O)Nc3nc4c(s3)CCCC4)CC2)nn1. The lowest BCUT2D eigenvalue weighted by Gasteiger charge is -2.31. The van der Waals surface area contributed by atoms with Crippen molar-refractivity contribution in [1.29, 1.82) is 0 Å². The van der Waals surface area contributed by atoms with E-state index in [0.717, 1.165) is 66.7 Å². The van der Waals surface area contributed by atoms with E-state index < -0.39 is 0 Å². The monoisotopic (exact) mass is 449 g/mol. The van der Waals surface area contributed by atoms with Crippen molar-refractivity contribution < 1.29 is 9.53 Å². The van der Waals surface area contributed by atoms with Crippen LogP contribution in [0.1, 0.15) is 36.3 Å². The van der Waals surface area contributed by atoms with Crippen LogP contribution in [0.2, 0.25) is 0 Å². The molecule has 2 aliphatic rings. The number of aromatic nitrogens is 3. The zero-order valence-corrected chi connectivity index (χ0v) is 19.0. The number of carbonyl (C=O) groups is 1. The van der Waals surface area contributed by atoms with E-state index in [1.165, 1.54) is 23.4 Å². The number of nitrogens with one attached hydrogen (secondary N) is 1. The molecule has 1 N–H and O–H groups in total. The summed E-state index contributed by atoms with van der Waals surface area (Å²) in [7, 11) is 1.66. The molecule has 1 aliphatic heterocycles. The Hall–Kier alpha value is -3.00. The smallest absolute Gasteiger partial charge is 0.229 e.